The highest BCUT2D eigenvalue weighted by Crippen LogP contribution is 2.43. The minimum Gasteiger partial charge on any atom is -0.480 e. The van der Waals surface area contributed by atoms with E-state index >= 15 is 8.78 Å². The summed E-state index contributed by atoms with van der Waals surface area (Å²) in [6.45, 7) is 1.91. The lowest BCUT2D eigenvalue weighted by Crippen LogP contribution is -2.32. The van der Waals surface area contributed by atoms with E-state index in [2.05, 4.69) is 4.72 Å². The van der Waals surface area contributed by atoms with Crippen molar-refractivity contribution in [2.24, 2.45) is 0 Å². The number of hydrogen-bond acceptors (Lipinski definition) is 4. The number of ether oxygens (including phenoxy) is 1. The maximum absolute atomic E-state index is 15.3. The predicted octanol–water partition coefficient (Wildman–Crippen LogP) is 6.19. The third kappa shape index (κ3) is 6.60. The number of benzene rings is 2. The number of rotatable bonds is 10. The second kappa shape index (κ2) is 11.2. The molecule has 0 aliphatic rings. The van der Waals surface area contributed by atoms with Crippen LogP contribution < -0.4 is 4.72 Å². The van der Waals surface area contributed by atoms with Gasteiger partial charge in [0, 0.05) is 10.6 Å². The molecule has 0 saturated heterocycles. The number of carboxylic acids is 1. The largest absolute Gasteiger partial charge is 0.480 e. The Balaban J connectivity index is 2.20. The van der Waals surface area contributed by atoms with Crippen molar-refractivity contribution < 1.29 is 28.2 Å². The predicted molar refractivity (Wildman–Crippen MR) is 113 cm³/mol. The fourth-order valence-corrected chi connectivity index (χ4v) is 3.56. The normalized spacial score (nSPS) is 13.3. The van der Waals surface area contributed by atoms with E-state index in [1.165, 1.54) is 30.3 Å². The fraction of sp³-hybridized carbons (Fsp3) is 0.333. The Morgan fingerprint density at radius 3 is 2.50 bits per heavy atom. The highest BCUT2D eigenvalue weighted by molar-refractivity contribution is 7.99. The summed E-state index contributed by atoms with van der Waals surface area (Å²) in [7, 11) is 0. The monoisotopic (exact) mass is 457 g/mol. The number of aliphatic carboxylic acids is 1. The van der Waals surface area contributed by atoms with Crippen LogP contribution in [-0.2, 0) is 15.5 Å². The van der Waals surface area contributed by atoms with Crippen LogP contribution in [0, 0.1) is 0 Å². The number of unbranched alkanes of at least 4 members (excludes halogenated alkanes) is 1. The van der Waals surface area contributed by atoms with Crippen LogP contribution in [0.2, 0.25) is 5.02 Å². The molecule has 0 heterocycles. The molecule has 2 aromatic rings. The summed E-state index contributed by atoms with van der Waals surface area (Å²) in [5.41, 5.74) is -0.320. The molecule has 2 rings (SSSR count). The smallest absolute Gasteiger partial charge is 0.418 e. The molecule has 0 saturated carbocycles. The lowest BCUT2D eigenvalue weighted by Gasteiger charge is -2.27. The molecule has 0 aliphatic heterocycles. The van der Waals surface area contributed by atoms with Gasteiger partial charge >= 0.3 is 18.0 Å². The summed E-state index contributed by atoms with van der Waals surface area (Å²) in [4.78, 5) is 23.6. The molecule has 0 aliphatic carbocycles. The van der Waals surface area contributed by atoms with Crippen molar-refractivity contribution in [3.63, 3.8) is 0 Å². The van der Waals surface area contributed by atoms with Crippen molar-refractivity contribution in [1.29, 1.82) is 0 Å². The average molecular weight is 458 g/mol. The first-order chi connectivity index (χ1) is 14.3. The van der Waals surface area contributed by atoms with Crippen molar-refractivity contribution in [1.82, 2.24) is 4.72 Å². The minimum absolute atomic E-state index is 0.0865. The molecule has 162 valence electrons. The Hall–Kier alpha value is -2.32. The number of carbonyl (C=O) groups excluding carboxylic acids is 1. The van der Waals surface area contributed by atoms with Gasteiger partial charge in [0.15, 0.2) is 6.10 Å². The van der Waals surface area contributed by atoms with Crippen LogP contribution >= 0.6 is 23.5 Å². The maximum atomic E-state index is 15.3. The van der Waals surface area contributed by atoms with Gasteiger partial charge in [-0.3, -0.25) is 9.52 Å². The molecule has 1 unspecified atom stereocenters. The molecule has 9 heteroatoms. The summed E-state index contributed by atoms with van der Waals surface area (Å²) in [6.07, 6.45) is -1.32. The second-order valence-electron chi connectivity index (χ2n) is 6.52. The van der Waals surface area contributed by atoms with Crippen molar-refractivity contribution in [3.8, 4) is 0 Å². The van der Waals surface area contributed by atoms with E-state index in [0.29, 0.717) is 24.8 Å². The van der Waals surface area contributed by atoms with Crippen molar-refractivity contribution in [3.05, 3.63) is 70.7 Å². The van der Waals surface area contributed by atoms with Crippen LogP contribution in [0.5, 0.6) is 0 Å². The van der Waals surface area contributed by atoms with Crippen molar-refractivity contribution in [2.75, 3.05) is 0 Å². The van der Waals surface area contributed by atoms with Crippen molar-refractivity contribution in [2.45, 2.75) is 43.5 Å². The van der Waals surface area contributed by atoms with Crippen LogP contribution in [-0.4, -0.2) is 22.4 Å². The van der Waals surface area contributed by atoms with Gasteiger partial charge in [-0.25, -0.2) is 4.79 Å². The van der Waals surface area contributed by atoms with Crippen LogP contribution in [0.1, 0.15) is 43.4 Å². The fourth-order valence-electron chi connectivity index (χ4n) is 2.70. The summed E-state index contributed by atoms with van der Waals surface area (Å²) in [5, 5.41) is 8.45. The number of carbonyl (C=O) groups is 2. The highest BCUT2D eigenvalue weighted by Gasteiger charge is 2.45. The molecule has 0 fully saturated rings. The average Bonchev–Trinajstić information content (AvgIpc) is 2.72. The minimum atomic E-state index is -3.58. The number of carboxylic acid groups (broad SMARTS) is 1. The van der Waals surface area contributed by atoms with Crippen LogP contribution in [0.3, 0.4) is 0 Å². The lowest BCUT2D eigenvalue weighted by atomic mass is 9.97. The van der Waals surface area contributed by atoms with Gasteiger partial charge in [0.1, 0.15) is 5.25 Å². The molecule has 2 aromatic carbocycles. The molecule has 2 N–H and O–H groups in total. The Morgan fingerprint density at radius 1 is 1.20 bits per heavy atom. The van der Waals surface area contributed by atoms with Gasteiger partial charge in [-0.15, -0.1) is 0 Å². The number of nitrogens with one attached hydrogen (secondary N) is 1. The summed E-state index contributed by atoms with van der Waals surface area (Å²) < 4.78 is 37.8. The topological polar surface area (TPSA) is 75.6 Å². The van der Waals surface area contributed by atoms with E-state index in [1.54, 1.807) is 18.2 Å². The van der Waals surface area contributed by atoms with E-state index in [1.807, 2.05) is 6.92 Å². The van der Waals surface area contributed by atoms with Gasteiger partial charge in [0.05, 0.1) is 0 Å². The molecule has 1 amide bonds. The molecule has 2 atom stereocenters. The summed E-state index contributed by atoms with van der Waals surface area (Å²) in [5.74, 6) is -4.68. The molecule has 0 bridgehead atoms. The Kier molecular flexibility index (Phi) is 8.92. The zero-order chi connectivity index (χ0) is 22.1. The zero-order valence-electron chi connectivity index (χ0n) is 16.2. The van der Waals surface area contributed by atoms with E-state index in [-0.39, 0.29) is 10.6 Å². The van der Waals surface area contributed by atoms with E-state index < -0.39 is 34.9 Å². The summed E-state index contributed by atoms with van der Waals surface area (Å²) in [6, 6.07) is 12.8. The Bertz CT molecular complexity index is 854. The first kappa shape index (κ1) is 24.0. The van der Waals surface area contributed by atoms with Gasteiger partial charge < -0.3 is 9.84 Å². The van der Waals surface area contributed by atoms with Gasteiger partial charge in [0.25, 0.3) is 0 Å². The maximum Gasteiger partial charge on any atom is 0.418 e. The molecular formula is C21H22ClF2NO4S. The third-order valence-electron chi connectivity index (χ3n) is 4.25. The van der Waals surface area contributed by atoms with Gasteiger partial charge in [-0.2, -0.15) is 8.78 Å². The first-order valence-corrected chi connectivity index (χ1v) is 10.5. The lowest BCUT2D eigenvalue weighted by molar-refractivity contribution is -0.136. The van der Waals surface area contributed by atoms with Gasteiger partial charge in [0.2, 0.25) is 0 Å². The van der Waals surface area contributed by atoms with E-state index in [0.717, 1.165) is 12.5 Å². The SMILES string of the molecule is CCCC[C@H](SNC(=O)OC(c1ccccc1)C(F)(F)c1cccc(Cl)c1)C(=O)O. The van der Waals surface area contributed by atoms with Crippen LogP contribution in [0.25, 0.3) is 0 Å². The van der Waals surface area contributed by atoms with Gasteiger partial charge in [-0.1, -0.05) is 73.8 Å². The number of amides is 1. The standard InChI is InChI=1S/C21H22ClF2NO4S/c1-2-3-12-17(19(26)27)30-25-20(28)29-18(14-8-5-4-6-9-14)21(23,24)15-10-7-11-16(22)13-15/h4-11,13,17-18H,2-3,12H2,1H3,(H,25,28)(H,26,27)/t17-,18?/m0/s1. The Morgan fingerprint density at radius 2 is 1.90 bits per heavy atom. The molecular weight excluding hydrogens is 436 g/mol. The number of halogens is 3. The zero-order valence-corrected chi connectivity index (χ0v) is 17.8. The molecule has 0 spiro atoms. The van der Waals surface area contributed by atoms with Crippen LogP contribution in [0.15, 0.2) is 54.6 Å². The second-order valence-corrected chi connectivity index (χ2v) is 7.96. The van der Waals surface area contributed by atoms with E-state index in [4.69, 9.17) is 16.3 Å². The summed E-state index contributed by atoms with van der Waals surface area (Å²) >= 11 is 6.48. The number of alkyl halides is 2. The first-order valence-electron chi connectivity index (χ1n) is 9.29. The highest BCUT2D eigenvalue weighted by atomic mass is 35.5. The van der Waals surface area contributed by atoms with E-state index in [9.17, 15) is 14.7 Å². The molecule has 0 aromatic heterocycles. The van der Waals surface area contributed by atoms with Gasteiger partial charge in [-0.05, 0) is 36.1 Å². The Labute approximate surface area is 182 Å². The third-order valence-corrected chi connectivity index (χ3v) is 5.49. The van der Waals surface area contributed by atoms with Crippen molar-refractivity contribution >= 4 is 35.6 Å². The van der Waals surface area contributed by atoms with Crippen LogP contribution in [0.4, 0.5) is 13.6 Å². The molecule has 30 heavy (non-hydrogen) atoms. The quantitative estimate of drug-likeness (QED) is 0.416. The molecule has 0 radical (unpaired) electrons. The molecule has 5 nitrogen and oxygen atoms in total. The number of hydrogen-bond donors (Lipinski definition) is 2.